The molecule has 1 heterocycles. The Morgan fingerprint density at radius 2 is 0.579 bits per heavy atom. The monoisotopic (exact) mass is 1750 g/mol. The van der Waals surface area contributed by atoms with Gasteiger partial charge in [0.25, 0.3) is 0 Å². The summed E-state index contributed by atoms with van der Waals surface area (Å²) in [4.78, 5) is 240. The first-order valence-corrected chi connectivity index (χ1v) is 38.9. The highest BCUT2D eigenvalue weighted by Gasteiger charge is 2.39. The highest BCUT2D eigenvalue weighted by atomic mass is 16.4. The van der Waals surface area contributed by atoms with Gasteiger partial charge in [0.2, 0.25) is 82.7 Å². The topological polar surface area (TPSA) is 709 Å². The molecule has 43 heteroatoms. The molecule has 13 unspecified atom stereocenters. The number of imidazole rings is 1. The number of primary amides is 1. The van der Waals surface area contributed by atoms with Crippen LogP contribution < -0.4 is 80.6 Å². The number of carboxylic acid groups (broad SMARTS) is 3. The van der Waals surface area contributed by atoms with Crippen LogP contribution in [0.2, 0.25) is 0 Å². The summed E-state index contributed by atoms with van der Waals surface area (Å²) in [6.45, 7) is -4.44. The quantitative estimate of drug-likeness (QED) is 0.0169. The number of aromatic amines is 1. The minimum atomic E-state index is -2.21. The molecule has 0 saturated carbocycles. The number of benzene rings is 6. The normalized spacial score (nSPS) is 14.0. The highest BCUT2D eigenvalue weighted by molar-refractivity contribution is 6.01. The molecule has 43 nitrogen and oxygen atoms in total. The minimum Gasteiger partial charge on any atom is -0.508 e. The SMILES string of the molecule is NC(=O)CC(NC(=O)C(CO)NC(=O)CNC(=O)C(CO)NC(=O)C(Cc1ccccc1)NC(=O)C(Cc1c[nH]cn1)NC(=O)C(CO)NC(=O)C(N)Cc1ccccc1)C(=O)NC(Cc1ccc(O)cc1)C(=O)NC(CC(=O)O)C(=O)NC(Cc1ccc(O)cc1)C(=O)NC(Cc1ccccc1)C(=O)NC(CC(=O)O)C(=O)NC(Cc1ccc(O)cc1)C(=O)O. The second kappa shape index (κ2) is 49.0. The number of carboxylic acids is 3. The van der Waals surface area contributed by atoms with Crippen LogP contribution in [-0.2, 0) is 126 Å². The average molecular weight is 1750 g/mol. The van der Waals surface area contributed by atoms with Crippen molar-refractivity contribution in [2.45, 2.75) is 143 Å². The second-order valence-electron chi connectivity index (χ2n) is 28.8. The Morgan fingerprint density at radius 1 is 0.310 bits per heavy atom. The molecule has 0 aliphatic heterocycles. The van der Waals surface area contributed by atoms with E-state index in [1.807, 2.05) is 0 Å². The summed E-state index contributed by atoms with van der Waals surface area (Å²) in [6.07, 6.45) is -3.32. The lowest BCUT2D eigenvalue weighted by Crippen LogP contribution is -2.61. The number of hydrogen-bond donors (Lipinski definition) is 25. The van der Waals surface area contributed by atoms with Gasteiger partial charge >= 0.3 is 17.9 Å². The summed E-state index contributed by atoms with van der Waals surface area (Å²) in [5, 5.41) is 121. The summed E-state index contributed by atoms with van der Waals surface area (Å²) >= 11 is 0. The first-order chi connectivity index (χ1) is 60.1. The van der Waals surface area contributed by atoms with Crippen molar-refractivity contribution in [2.75, 3.05) is 26.4 Å². The predicted octanol–water partition coefficient (Wildman–Crippen LogP) is -6.33. The van der Waals surface area contributed by atoms with Gasteiger partial charge in [0.1, 0.15) is 89.8 Å². The van der Waals surface area contributed by atoms with E-state index >= 15 is 0 Å². The number of phenols is 3. The van der Waals surface area contributed by atoms with Crippen molar-refractivity contribution in [3.63, 3.8) is 0 Å². The number of nitrogens with zero attached hydrogens (tertiary/aromatic N) is 1. The number of aliphatic hydroxyl groups is 3. The van der Waals surface area contributed by atoms with Gasteiger partial charge in [-0.3, -0.25) is 76.7 Å². The zero-order valence-electron chi connectivity index (χ0n) is 67.2. The molecular weight excluding hydrogens is 1650 g/mol. The van der Waals surface area contributed by atoms with Gasteiger partial charge in [-0.1, -0.05) is 127 Å². The summed E-state index contributed by atoms with van der Waals surface area (Å²) in [7, 11) is 0. The Bertz CT molecular complexity index is 4920. The number of carbonyl (C=O) groups excluding carboxylic acids is 14. The zero-order valence-corrected chi connectivity index (χ0v) is 67.2. The van der Waals surface area contributed by atoms with E-state index in [-0.39, 0.29) is 59.8 Å². The van der Waals surface area contributed by atoms with Crippen molar-refractivity contribution in [3.8, 4) is 17.2 Å². The van der Waals surface area contributed by atoms with Gasteiger partial charge in [-0.25, -0.2) is 9.78 Å². The fourth-order valence-corrected chi connectivity index (χ4v) is 12.4. The van der Waals surface area contributed by atoms with Crippen molar-refractivity contribution >= 4 is 101 Å². The van der Waals surface area contributed by atoms with Crippen LogP contribution in [0.4, 0.5) is 0 Å². The third kappa shape index (κ3) is 32.6. The molecule has 6 aromatic carbocycles. The first-order valence-electron chi connectivity index (χ1n) is 38.9. The van der Waals surface area contributed by atoms with Crippen LogP contribution >= 0.6 is 0 Å². The fourth-order valence-electron chi connectivity index (χ4n) is 12.4. The number of aromatic nitrogens is 2. The van der Waals surface area contributed by atoms with Crippen molar-refractivity contribution in [1.82, 2.24) is 79.1 Å². The van der Waals surface area contributed by atoms with Crippen molar-refractivity contribution < 1.29 is 127 Å². The van der Waals surface area contributed by atoms with Crippen LogP contribution in [0.25, 0.3) is 0 Å². The Hall–Kier alpha value is -15.2. The zero-order chi connectivity index (χ0) is 92.1. The third-order valence-electron chi connectivity index (χ3n) is 19.0. The highest BCUT2D eigenvalue weighted by Crippen LogP contribution is 2.18. The number of aliphatic hydroxyl groups excluding tert-OH is 3. The molecule has 0 aliphatic rings. The molecule has 0 radical (unpaired) electrons. The Morgan fingerprint density at radius 3 is 0.905 bits per heavy atom. The maximum atomic E-state index is 14.8. The number of hydrogen-bond acceptors (Lipinski definition) is 25. The van der Waals surface area contributed by atoms with Gasteiger partial charge in [0, 0.05) is 44.7 Å². The fraction of sp³-hybridized carbons (Fsp3) is 0.325. The molecule has 0 saturated heterocycles. The number of aliphatic carboxylic acids is 3. The maximum absolute atomic E-state index is 14.8. The molecule has 0 aliphatic carbocycles. The number of aromatic hydroxyl groups is 3. The molecule has 27 N–H and O–H groups in total. The van der Waals surface area contributed by atoms with Crippen molar-refractivity contribution in [1.29, 1.82) is 0 Å². The van der Waals surface area contributed by atoms with Crippen LogP contribution in [0, 0.1) is 0 Å². The third-order valence-corrected chi connectivity index (χ3v) is 19.0. The Labute approximate surface area is 717 Å². The van der Waals surface area contributed by atoms with Gasteiger partial charge < -0.3 is 132 Å². The number of rotatable bonds is 50. The smallest absolute Gasteiger partial charge is 0.326 e. The van der Waals surface area contributed by atoms with Crippen LogP contribution in [0.3, 0.4) is 0 Å². The number of carbonyl (C=O) groups is 17. The molecular formula is C83H97N17O26. The van der Waals surface area contributed by atoms with Crippen LogP contribution in [0.15, 0.2) is 176 Å². The molecule has 126 heavy (non-hydrogen) atoms. The van der Waals surface area contributed by atoms with E-state index in [0.29, 0.717) is 22.3 Å². The number of phenolic OH excluding ortho intramolecular Hbond substituents is 3. The summed E-state index contributed by atoms with van der Waals surface area (Å²) in [5.41, 5.74) is 14.0. The minimum absolute atomic E-state index is 0.0632. The van der Waals surface area contributed by atoms with Crippen LogP contribution in [0.5, 0.6) is 17.2 Å². The lowest BCUT2D eigenvalue weighted by Gasteiger charge is -2.28. The van der Waals surface area contributed by atoms with Gasteiger partial charge in [0.15, 0.2) is 0 Å². The molecule has 14 amide bonds. The summed E-state index contributed by atoms with van der Waals surface area (Å²) in [6, 6.07) is 15.9. The standard InChI is InChI=1S/C83H97N17O26/c84-54(28-44-10-4-1-5-11-44)71(113)99-66(42-103)82(124)94-59(34-50-38-86-43-88-50)77(119)91-56(30-46-14-8-3-9-15-46)76(118)100-64(40-101)72(114)87-39-68(108)89-65(41-102)81(123)95-60(35-67(85)107)78(120)92-58(32-48-18-24-52(105)25-19-48)75(117)96-61(36-69(109)110)79(121)93-57(31-47-16-22-51(104)23-17-47)73(115)90-55(29-45-12-6-2-7-13-45)74(116)97-62(37-70(111)112)80(122)98-63(83(125)126)33-49-20-26-53(106)27-21-49/h1-27,38,43,54-66,101-106H,28-37,39-42,84H2,(H2,85,107)(H,86,88)(H,87,114)(H,89,108)(H,90,115)(H,91,119)(H,92,120)(H,93,121)(H,94,124)(H,95,123)(H,96,117)(H,97,116)(H,98,122)(H,99,113)(H,100,118)(H,109,110)(H,111,112)(H,125,126). The second-order valence-corrected chi connectivity index (χ2v) is 28.8. The Kier molecular flexibility index (Phi) is 38.1. The van der Waals surface area contributed by atoms with E-state index in [9.17, 15) is 127 Å². The number of nitrogens with one attached hydrogen (secondary N) is 14. The number of H-pyrrole nitrogens is 1. The summed E-state index contributed by atoms with van der Waals surface area (Å²) in [5.74, 6) is -22.9. The largest absolute Gasteiger partial charge is 0.508 e. The molecule has 7 aromatic rings. The lowest BCUT2D eigenvalue weighted by atomic mass is 10.0. The van der Waals surface area contributed by atoms with E-state index in [1.165, 1.54) is 85.3 Å². The van der Waals surface area contributed by atoms with E-state index < -0.39 is 244 Å². The first kappa shape index (κ1) is 97.9. The molecule has 7 rings (SSSR count). The molecule has 1 aromatic heterocycles. The lowest BCUT2D eigenvalue weighted by molar-refractivity contribution is -0.144. The molecule has 0 spiro atoms. The molecule has 670 valence electrons. The van der Waals surface area contributed by atoms with Gasteiger partial charge in [-0.15, -0.1) is 0 Å². The van der Waals surface area contributed by atoms with Crippen molar-refractivity contribution in [2.24, 2.45) is 11.5 Å². The molecule has 13 atom stereocenters. The number of nitrogens with two attached hydrogens (primary N) is 2. The van der Waals surface area contributed by atoms with Gasteiger partial charge in [-0.2, -0.15) is 0 Å². The van der Waals surface area contributed by atoms with Gasteiger partial charge in [0.05, 0.1) is 63.7 Å². The molecule has 0 bridgehead atoms. The predicted molar refractivity (Wildman–Crippen MR) is 440 cm³/mol. The van der Waals surface area contributed by atoms with E-state index in [1.54, 1.807) is 78.9 Å². The van der Waals surface area contributed by atoms with E-state index in [4.69, 9.17) is 11.5 Å². The van der Waals surface area contributed by atoms with E-state index in [0.717, 1.165) is 12.1 Å². The van der Waals surface area contributed by atoms with E-state index in [2.05, 4.69) is 79.1 Å². The summed E-state index contributed by atoms with van der Waals surface area (Å²) < 4.78 is 0. The maximum Gasteiger partial charge on any atom is 0.326 e. The molecule has 0 fully saturated rings. The van der Waals surface area contributed by atoms with Crippen molar-refractivity contribution in [3.05, 3.63) is 215 Å². The van der Waals surface area contributed by atoms with Gasteiger partial charge in [-0.05, 0) is 76.2 Å². The van der Waals surface area contributed by atoms with Crippen LogP contribution in [-0.4, -0.2) is 261 Å². The average Bonchev–Trinajstić information content (AvgIpc) is 0.973. The number of amides is 14. The Balaban J connectivity index is 1.04. The van der Waals surface area contributed by atoms with Crippen LogP contribution in [0.1, 0.15) is 58.3 Å².